The quantitative estimate of drug-likeness (QED) is 0.420. The standard InChI is InChI=1S/C17H13BrClN3O5/c1-25-13-3-2-10(5-12(13)19)21-16(23)17(24)22-20-7-9-4-14-15(6-11(9)18)27-8-26-14/h2-7H,8H2,1H3,(H,21,23)(H,22,24)/b20-7-. The van der Waals surface area contributed by atoms with Gasteiger partial charge in [0, 0.05) is 15.7 Å². The lowest BCUT2D eigenvalue weighted by molar-refractivity contribution is -0.136. The highest BCUT2D eigenvalue weighted by Gasteiger charge is 2.16. The van der Waals surface area contributed by atoms with Crippen LogP contribution in [-0.4, -0.2) is 31.9 Å². The van der Waals surface area contributed by atoms with Crippen molar-refractivity contribution in [2.45, 2.75) is 0 Å². The van der Waals surface area contributed by atoms with Crippen molar-refractivity contribution < 1.29 is 23.8 Å². The maximum absolute atomic E-state index is 11.9. The Kier molecular flexibility index (Phi) is 5.82. The molecule has 8 nitrogen and oxygen atoms in total. The van der Waals surface area contributed by atoms with Gasteiger partial charge in [0.1, 0.15) is 5.75 Å². The molecule has 0 saturated carbocycles. The monoisotopic (exact) mass is 453 g/mol. The van der Waals surface area contributed by atoms with Crippen molar-refractivity contribution >= 4 is 51.2 Å². The van der Waals surface area contributed by atoms with Gasteiger partial charge in [-0.05, 0) is 46.3 Å². The largest absolute Gasteiger partial charge is 0.495 e. The van der Waals surface area contributed by atoms with Crippen LogP contribution in [0.2, 0.25) is 5.02 Å². The highest BCUT2D eigenvalue weighted by Crippen LogP contribution is 2.36. The predicted octanol–water partition coefficient (Wildman–Crippen LogP) is 2.93. The Morgan fingerprint density at radius 2 is 1.96 bits per heavy atom. The molecule has 0 unspecified atom stereocenters. The van der Waals surface area contributed by atoms with Crippen molar-refractivity contribution in [3.63, 3.8) is 0 Å². The number of halogens is 2. The summed E-state index contributed by atoms with van der Waals surface area (Å²) in [4.78, 5) is 23.8. The van der Waals surface area contributed by atoms with Gasteiger partial charge in [-0.25, -0.2) is 5.43 Å². The van der Waals surface area contributed by atoms with Crippen LogP contribution in [0.4, 0.5) is 5.69 Å². The van der Waals surface area contributed by atoms with Crippen molar-refractivity contribution in [2.75, 3.05) is 19.2 Å². The molecule has 0 aliphatic carbocycles. The van der Waals surface area contributed by atoms with E-state index >= 15 is 0 Å². The maximum Gasteiger partial charge on any atom is 0.329 e. The number of anilines is 1. The molecule has 140 valence electrons. The summed E-state index contributed by atoms with van der Waals surface area (Å²) >= 11 is 9.34. The van der Waals surface area contributed by atoms with Gasteiger partial charge in [0.15, 0.2) is 11.5 Å². The molecule has 1 heterocycles. The van der Waals surface area contributed by atoms with Gasteiger partial charge in [0.25, 0.3) is 0 Å². The van der Waals surface area contributed by atoms with Gasteiger partial charge in [-0.2, -0.15) is 5.10 Å². The minimum absolute atomic E-state index is 0.147. The molecular weight excluding hydrogens is 442 g/mol. The summed E-state index contributed by atoms with van der Waals surface area (Å²) in [5, 5.41) is 6.50. The van der Waals surface area contributed by atoms with Gasteiger partial charge in [0.05, 0.1) is 18.3 Å². The summed E-state index contributed by atoms with van der Waals surface area (Å²) in [7, 11) is 1.48. The van der Waals surface area contributed by atoms with Crippen LogP contribution in [0.15, 0.2) is 39.9 Å². The Bertz CT molecular complexity index is 935. The Morgan fingerprint density at radius 3 is 2.67 bits per heavy atom. The first-order valence-electron chi connectivity index (χ1n) is 7.55. The van der Waals surface area contributed by atoms with Crippen LogP contribution < -0.4 is 25.0 Å². The van der Waals surface area contributed by atoms with E-state index in [9.17, 15) is 9.59 Å². The molecule has 0 radical (unpaired) electrons. The summed E-state index contributed by atoms with van der Waals surface area (Å²) in [5.41, 5.74) is 3.14. The number of hydrazone groups is 1. The van der Waals surface area contributed by atoms with Crippen LogP contribution in [0.3, 0.4) is 0 Å². The van der Waals surface area contributed by atoms with E-state index in [4.69, 9.17) is 25.8 Å². The van der Waals surface area contributed by atoms with Crippen molar-refractivity contribution in [1.82, 2.24) is 5.43 Å². The fourth-order valence-corrected chi connectivity index (χ4v) is 2.86. The van der Waals surface area contributed by atoms with E-state index in [2.05, 4.69) is 31.8 Å². The van der Waals surface area contributed by atoms with Crippen molar-refractivity contribution in [1.29, 1.82) is 0 Å². The zero-order valence-corrected chi connectivity index (χ0v) is 16.3. The summed E-state index contributed by atoms with van der Waals surface area (Å²) in [6.45, 7) is 0.147. The van der Waals surface area contributed by atoms with E-state index in [0.717, 1.165) is 0 Å². The Labute approximate surface area is 167 Å². The molecule has 10 heteroatoms. The molecule has 3 rings (SSSR count). The molecule has 0 aromatic heterocycles. The number of ether oxygens (including phenoxy) is 3. The number of carbonyl (C=O) groups is 2. The first-order valence-corrected chi connectivity index (χ1v) is 8.72. The normalized spacial score (nSPS) is 12.1. The SMILES string of the molecule is COc1ccc(NC(=O)C(=O)N/N=C\c2cc3c(cc2Br)OCO3)cc1Cl. The van der Waals surface area contributed by atoms with E-state index in [1.807, 2.05) is 0 Å². The van der Waals surface area contributed by atoms with Gasteiger partial charge in [-0.15, -0.1) is 0 Å². The highest BCUT2D eigenvalue weighted by molar-refractivity contribution is 9.10. The van der Waals surface area contributed by atoms with Crippen LogP contribution in [0, 0.1) is 0 Å². The molecule has 0 saturated heterocycles. The van der Waals surface area contributed by atoms with E-state index < -0.39 is 11.8 Å². The van der Waals surface area contributed by atoms with Gasteiger partial charge in [-0.3, -0.25) is 9.59 Å². The average molecular weight is 455 g/mol. The number of nitrogens with one attached hydrogen (secondary N) is 2. The topological polar surface area (TPSA) is 98.2 Å². The number of carbonyl (C=O) groups excluding carboxylic acids is 2. The Balaban J connectivity index is 1.59. The minimum Gasteiger partial charge on any atom is -0.495 e. The lowest BCUT2D eigenvalue weighted by atomic mass is 10.2. The summed E-state index contributed by atoms with van der Waals surface area (Å²) in [5.74, 6) is -0.188. The lowest BCUT2D eigenvalue weighted by Gasteiger charge is -2.07. The summed E-state index contributed by atoms with van der Waals surface area (Å²) in [6, 6.07) is 8.03. The molecule has 2 aromatic rings. The van der Waals surface area contributed by atoms with Crippen LogP contribution in [-0.2, 0) is 9.59 Å². The van der Waals surface area contributed by atoms with E-state index in [-0.39, 0.29) is 6.79 Å². The Morgan fingerprint density at radius 1 is 1.22 bits per heavy atom. The van der Waals surface area contributed by atoms with E-state index in [1.165, 1.54) is 19.4 Å². The molecule has 0 spiro atoms. The van der Waals surface area contributed by atoms with E-state index in [0.29, 0.717) is 38.0 Å². The Hall–Kier alpha value is -2.78. The molecule has 2 aromatic carbocycles. The van der Waals surface area contributed by atoms with E-state index in [1.54, 1.807) is 24.3 Å². The molecule has 1 aliphatic heterocycles. The number of fused-ring (bicyclic) bond motifs is 1. The molecule has 27 heavy (non-hydrogen) atoms. The minimum atomic E-state index is -0.935. The fourth-order valence-electron chi connectivity index (χ4n) is 2.18. The van der Waals surface area contributed by atoms with Crippen molar-refractivity contribution in [3.8, 4) is 17.2 Å². The molecule has 2 N–H and O–H groups in total. The second-order valence-corrected chi connectivity index (χ2v) is 6.49. The zero-order chi connectivity index (χ0) is 19.4. The number of methoxy groups -OCH3 is 1. The number of hydrogen-bond acceptors (Lipinski definition) is 6. The molecular formula is C17H13BrClN3O5. The zero-order valence-electron chi connectivity index (χ0n) is 13.9. The first-order chi connectivity index (χ1) is 13.0. The van der Waals surface area contributed by atoms with Gasteiger partial charge < -0.3 is 19.5 Å². The predicted molar refractivity (Wildman–Crippen MR) is 103 cm³/mol. The molecule has 0 fully saturated rings. The number of nitrogens with zero attached hydrogens (tertiary/aromatic N) is 1. The molecule has 0 bridgehead atoms. The van der Waals surface area contributed by atoms with Gasteiger partial charge in [0.2, 0.25) is 6.79 Å². The number of benzene rings is 2. The maximum atomic E-state index is 11.9. The fraction of sp³-hybridized carbons (Fsp3) is 0.118. The lowest BCUT2D eigenvalue weighted by Crippen LogP contribution is -2.32. The first kappa shape index (κ1) is 19.0. The smallest absolute Gasteiger partial charge is 0.329 e. The van der Waals surface area contributed by atoms with Crippen molar-refractivity contribution in [2.24, 2.45) is 5.10 Å². The van der Waals surface area contributed by atoms with Crippen LogP contribution >= 0.6 is 27.5 Å². The second kappa shape index (κ2) is 8.28. The van der Waals surface area contributed by atoms with Crippen LogP contribution in [0.5, 0.6) is 17.2 Å². The van der Waals surface area contributed by atoms with Crippen molar-refractivity contribution in [3.05, 3.63) is 45.4 Å². The number of hydrogen-bond donors (Lipinski definition) is 2. The third kappa shape index (κ3) is 4.50. The third-order valence-corrected chi connectivity index (χ3v) is 4.46. The summed E-state index contributed by atoms with van der Waals surface area (Å²) in [6.07, 6.45) is 1.38. The second-order valence-electron chi connectivity index (χ2n) is 5.23. The number of amides is 2. The number of rotatable bonds is 4. The molecule has 1 aliphatic rings. The van der Waals surface area contributed by atoms with Gasteiger partial charge >= 0.3 is 11.8 Å². The molecule has 0 atom stereocenters. The van der Waals surface area contributed by atoms with Crippen LogP contribution in [0.25, 0.3) is 0 Å². The van der Waals surface area contributed by atoms with Gasteiger partial charge in [-0.1, -0.05) is 11.6 Å². The van der Waals surface area contributed by atoms with Crippen LogP contribution in [0.1, 0.15) is 5.56 Å². The third-order valence-electron chi connectivity index (χ3n) is 3.48. The average Bonchev–Trinajstić information content (AvgIpc) is 3.09. The highest BCUT2D eigenvalue weighted by atomic mass is 79.9. The summed E-state index contributed by atoms with van der Waals surface area (Å²) < 4.78 is 16.2. The molecule has 2 amide bonds.